The molecule has 114 valence electrons. The average Bonchev–Trinajstić information content (AvgIpc) is 2.90. The van der Waals surface area contributed by atoms with Gasteiger partial charge in [0.2, 0.25) is 0 Å². The van der Waals surface area contributed by atoms with E-state index >= 15 is 0 Å². The van der Waals surface area contributed by atoms with Crippen LogP contribution >= 0.6 is 23.1 Å². The Morgan fingerprint density at radius 3 is 3.00 bits per heavy atom. The number of ether oxygens (including phenoxy) is 1. The maximum Gasteiger partial charge on any atom is 0.262 e. The fraction of sp³-hybridized carbons (Fsp3) is 0.286. The third kappa shape index (κ3) is 3.12. The second kappa shape index (κ2) is 6.05. The first-order chi connectivity index (χ1) is 10.5. The topological polar surface area (TPSA) is 81.2 Å². The number of carbonyl (C=O) groups excluding carboxylic acids is 2. The number of aromatic nitrogens is 2. The van der Waals surface area contributed by atoms with Gasteiger partial charge in [-0.2, -0.15) is 0 Å². The molecule has 8 heteroatoms. The predicted molar refractivity (Wildman–Crippen MR) is 84.9 cm³/mol. The normalized spacial score (nSPS) is 14.7. The van der Waals surface area contributed by atoms with E-state index in [0.29, 0.717) is 17.0 Å². The quantitative estimate of drug-likeness (QED) is 0.683. The van der Waals surface area contributed by atoms with Gasteiger partial charge in [0.05, 0.1) is 10.9 Å². The number of benzene rings is 1. The van der Waals surface area contributed by atoms with Gasteiger partial charge in [-0.05, 0) is 32.0 Å². The van der Waals surface area contributed by atoms with Crippen LogP contribution in [0.5, 0.6) is 5.75 Å². The highest BCUT2D eigenvalue weighted by molar-refractivity contribution is 8.02. The van der Waals surface area contributed by atoms with E-state index in [0.717, 1.165) is 9.35 Å². The molecule has 0 radical (unpaired) electrons. The molecule has 0 saturated heterocycles. The van der Waals surface area contributed by atoms with Crippen molar-refractivity contribution in [3.8, 4) is 5.75 Å². The molecule has 0 fully saturated rings. The van der Waals surface area contributed by atoms with Gasteiger partial charge in [-0.1, -0.05) is 23.1 Å². The van der Waals surface area contributed by atoms with Crippen molar-refractivity contribution in [3.63, 3.8) is 0 Å². The van der Waals surface area contributed by atoms with Crippen LogP contribution in [0.4, 0.5) is 5.69 Å². The minimum atomic E-state index is -0.286. The summed E-state index contributed by atoms with van der Waals surface area (Å²) in [7, 11) is 0. The largest absolute Gasteiger partial charge is 0.482 e. The lowest BCUT2D eigenvalue weighted by Gasteiger charge is -2.18. The lowest BCUT2D eigenvalue weighted by Crippen LogP contribution is -2.25. The summed E-state index contributed by atoms with van der Waals surface area (Å²) < 4.78 is 6.06. The van der Waals surface area contributed by atoms with Crippen molar-refractivity contribution >= 4 is 40.5 Å². The van der Waals surface area contributed by atoms with Crippen molar-refractivity contribution < 1.29 is 14.3 Å². The van der Waals surface area contributed by atoms with Crippen LogP contribution in [-0.4, -0.2) is 33.7 Å². The first-order valence-electron chi connectivity index (χ1n) is 6.60. The standard InChI is InChI=1S/C14H13N3O3S2/c1-7(21-14-17-16-8(2)22-14)13(19)9-3-4-11-10(5-9)15-12(18)6-20-11/h3-5,7H,6H2,1-2H3,(H,15,18). The fourth-order valence-corrected chi connectivity index (χ4v) is 4.04. The number of aryl methyl sites for hydroxylation is 1. The van der Waals surface area contributed by atoms with Gasteiger partial charge in [0.1, 0.15) is 10.8 Å². The van der Waals surface area contributed by atoms with E-state index in [1.165, 1.54) is 23.1 Å². The van der Waals surface area contributed by atoms with Crippen LogP contribution in [0.2, 0.25) is 0 Å². The Bertz CT molecular complexity index is 745. The third-order valence-corrected chi connectivity index (χ3v) is 5.07. The zero-order valence-electron chi connectivity index (χ0n) is 12.0. The number of anilines is 1. The van der Waals surface area contributed by atoms with E-state index in [9.17, 15) is 9.59 Å². The molecule has 6 nitrogen and oxygen atoms in total. The molecule has 1 amide bonds. The molecule has 2 aromatic rings. The number of Topliss-reactive ketones (excluding diaryl/α,β-unsaturated/α-hetero) is 1. The van der Waals surface area contributed by atoms with Gasteiger partial charge in [-0.3, -0.25) is 9.59 Å². The van der Waals surface area contributed by atoms with E-state index in [2.05, 4.69) is 15.5 Å². The van der Waals surface area contributed by atoms with Crippen molar-refractivity contribution in [1.29, 1.82) is 0 Å². The summed E-state index contributed by atoms with van der Waals surface area (Å²) in [4.78, 5) is 23.9. The molecular weight excluding hydrogens is 322 g/mol. The van der Waals surface area contributed by atoms with Gasteiger partial charge < -0.3 is 10.1 Å². The highest BCUT2D eigenvalue weighted by Crippen LogP contribution is 2.32. The molecule has 2 heterocycles. The number of hydrogen-bond acceptors (Lipinski definition) is 7. The third-order valence-electron chi connectivity index (χ3n) is 3.05. The molecule has 0 bridgehead atoms. The molecule has 0 saturated carbocycles. The molecule has 22 heavy (non-hydrogen) atoms. The molecule has 1 aliphatic rings. The van der Waals surface area contributed by atoms with Crippen LogP contribution in [0.15, 0.2) is 22.5 Å². The summed E-state index contributed by atoms with van der Waals surface area (Å²) in [5, 5.41) is 11.2. The Kier molecular flexibility index (Phi) is 4.12. The molecule has 0 spiro atoms. The molecular formula is C14H13N3O3S2. The number of ketones is 1. The Morgan fingerprint density at radius 1 is 1.45 bits per heavy atom. The minimum absolute atomic E-state index is 0.00292. The number of nitrogens with zero attached hydrogens (tertiary/aromatic N) is 2. The summed E-state index contributed by atoms with van der Waals surface area (Å²) in [5.41, 5.74) is 1.07. The van der Waals surface area contributed by atoms with Crippen molar-refractivity contribution in [2.45, 2.75) is 23.4 Å². The van der Waals surface area contributed by atoms with Crippen molar-refractivity contribution in [1.82, 2.24) is 10.2 Å². The lowest BCUT2D eigenvalue weighted by atomic mass is 10.1. The molecule has 1 aliphatic heterocycles. The highest BCUT2D eigenvalue weighted by Gasteiger charge is 2.22. The number of amides is 1. The average molecular weight is 335 g/mol. The van der Waals surface area contributed by atoms with E-state index < -0.39 is 0 Å². The summed E-state index contributed by atoms with van der Waals surface area (Å²) >= 11 is 2.85. The number of thioether (sulfide) groups is 1. The zero-order valence-corrected chi connectivity index (χ0v) is 13.6. The van der Waals surface area contributed by atoms with Crippen LogP contribution in [0, 0.1) is 6.92 Å². The maximum atomic E-state index is 12.5. The number of fused-ring (bicyclic) bond motifs is 1. The Morgan fingerprint density at radius 2 is 2.27 bits per heavy atom. The van der Waals surface area contributed by atoms with Crippen LogP contribution < -0.4 is 10.1 Å². The van der Waals surface area contributed by atoms with E-state index in [-0.39, 0.29) is 23.5 Å². The molecule has 1 atom stereocenters. The second-order valence-electron chi connectivity index (χ2n) is 4.76. The second-order valence-corrected chi connectivity index (χ2v) is 7.53. The smallest absolute Gasteiger partial charge is 0.262 e. The van der Waals surface area contributed by atoms with Gasteiger partial charge in [0, 0.05) is 5.56 Å². The summed E-state index contributed by atoms with van der Waals surface area (Å²) in [6.45, 7) is 3.71. The van der Waals surface area contributed by atoms with Gasteiger partial charge in [0.15, 0.2) is 16.7 Å². The number of hydrogen-bond donors (Lipinski definition) is 1. The van der Waals surface area contributed by atoms with Crippen LogP contribution in [0.3, 0.4) is 0 Å². The first-order valence-corrected chi connectivity index (χ1v) is 8.30. The summed E-state index contributed by atoms with van der Waals surface area (Å²) in [5.74, 6) is 0.334. The summed E-state index contributed by atoms with van der Waals surface area (Å²) in [6, 6.07) is 5.06. The van der Waals surface area contributed by atoms with Crippen LogP contribution in [-0.2, 0) is 4.79 Å². The van der Waals surface area contributed by atoms with Crippen molar-refractivity contribution in [2.24, 2.45) is 0 Å². The number of rotatable bonds is 4. The van der Waals surface area contributed by atoms with E-state index in [1.807, 2.05) is 13.8 Å². The first kappa shape index (κ1) is 15.0. The Hall–Kier alpha value is -1.93. The monoisotopic (exact) mass is 335 g/mol. The van der Waals surface area contributed by atoms with Crippen LogP contribution in [0.1, 0.15) is 22.3 Å². The van der Waals surface area contributed by atoms with Gasteiger partial charge in [-0.15, -0.1) is 10.2 Å². The molecule has 0 aliphatic carbocycles. The Balaban J connectivity index is 1.77. The molecule has 3 rings (SSSR count). The molecule has 1 aromatic carbocycles. The van der Waals surface area contributed by atoms with E-state index in [4.69, 9.17) is 4.74 Å². The Labute approximate surface area is 135 Å². The fourth-order valence-electron chi connectivity index (χ4n) is 2.00. The number of nitrogens with one attached hydrogen (secondary N) is 1. The zero-order chi connectivity index (χ0) is 15.7. The highest BCUT2D eigenvalue weighted by atomic mass is 32.2. The molecule has 1 aromatic heterocycles. The van der Waals surface area contributed by atoms with Crippen molar-refractivity contribution in [2.75, 3.05) is 11.9 Å². The summed E-state index contributed by atoms with van der Waals surface area (Å²) in [6.07, 6.45) is 0. The number of carbonyl (C=O) groups is 2. The minimum Gasteiger partial charge on any atom is -0.482 e. The van der Waals surface area contributed by atoms with Gasteiger partial charge in [0.25, 0.3) is 5.91 Å². The molecule has 1 unspecified atom stereocenters. The van der Waals surface area contributed by atoms with Gasteiger partial charge >= 0.3 is 0 Å². The molecule has 1 N–H and O–H groups in total. The van der Waals surface area contributed by atoms with Crippen molar-refractivity contribution in [3.05, 3.63) is 28.8 Å². The lowest BCUT2D eigenvalue weighted by molar-refractivity contribution is -0.118. The predicted octanol–water partition coefficient (Wildman–Crippen LogP) is 2.54. The van der Waals surface area contributed by atoms with Crippen LogP contribution in [0.25, 0.3) is 0 Å². The SMILES string of the molecule is Cc1nnc(SC(C)C(=O)c2ccc3c(c2)NC(=O)CO3)s1. The van der Waals surface area contributed by atoms with E-state index in [1.54, 1.807) is 18.2 Å². The maximum absolute atomic E-state index is 12.5. The van der Waals surface area contributed by atoms with Gasteiger partial charge in [-0.25, -0.2) is 0 Å².